The van der Waals surface area contributed by atoms with Crippen LogP contribution in [0.4, 0.5) is 32.8 Å². The molecule has 214 valence electrons. The van der Waals surface area contributed by atoms with Gasteiger partial charge in [-0.25, -0.2) is 23.9 Å². The number of hydrogen-bond acceptors (Lipinski definition) is 6. The van der Waals surface area contributed by atoms with Crippen molar-refractivity contribution in [2.75, 3.05) is 11.9 Å². The first-order chi connectivity index (χ1) is 19.3. The maximum absolute atomic E-state index is 14.1. The lowest BCUT2D eigenvalue weighted by Crippen LogP contribution is -2.40. The van der Waals surface area contributed by atoms with E-state index in [0.29, 0.717) is 59.4 Å². The third-order valence-corrected chi connectivity index (χ3v) is 6.25. The maximum atomic E-state index is 14.1. The molecule has 4 aromatic rings. The van der Waals surface area contributed by atoms with Crippen molar-refractivity contribution in [2.45, 2.75) is 45.5 Å². The SMILES string of the molecule is CC(C)(C)OC(=O)N1CCc2c(ncnc2Oc2ccc3c(ccn3C(=O)Nc3cc(C(F)(F)F)ccc3F)c2)C1. The molecule has 1 aliphatic rings. The molecule has 1 aliphatic heterocycles. The number of hydrogen-bond donors (Lipinski definition) is 1. The van der Waals surface area contributed by atoms with Gasteiger partial charge in [-0.1, -0.05) is 0 Å². The molecule has 5 rings (SSSR count). The monoisotopic (exact) mass is 571 g/mol. The van der Waals surface area contributed by atoms with Crippen LogP contribution in [0.5, 0.6) is 11.6 Å². The zero-order valence-electron chi connectivity index (χ0n) is 22.3. The van der Waals surface area contributed by atoms with Crippen LogP contribution in [0.15, 0.2) is 55.0 Å². The number of alkyl halides is 3. The molecule has 1 N–H and O–H groups in total. The lowest BCUT2D eigenvalue weighted by molar-refractivity contribution is -0.137. The number of amides is 2. The fraction of sp³-hybridized carbons (Fsp3) is 0.286. The standard InChI is InChI=1S/C28H25F4N5O4/c1-27(2,3)41-26(39)36-10-9-19-22(14-36)33-15-34-24(19)40-18-5-7-23-16(12-18)8-11-37(23)25(38)35-21-13-17(28(30,31)32)4-6-20(21)29/h4-8,11-13,15H,9-10,14H2,1-3H3,(H,35,38). The second-order valence-corrected chi connectivity index (χ2v) is 10.4. The highest BCUT2D eigenvalue weighted by Gasteiger charge is 2.32. The normalized spacial score (nSPS) is 13.6. The van der Waals surface area contributed by atoms with Crippen LogP contribution in [0, 0.1) is 5.82 Å². The van der Waals surface area contributed by atoms with Gasteiger partial charge in [-0.2, -0.15) is 13.2 Å². The minimum Gasteiger partial charge on any atom is -0.444 e. The van der Waals surface area contributed by atoms with Gasteiger partial charge in [0.2, 0.25) is 5.88 Å². The summed E-state index contributed by atoms with van der Waals surface area (Å²) in [7, 11) is 0. The molecule has 0 bridgehead atoms. The molecule has 0 saturated heterocycles. The second kappa shape index (κ2) is 10.4. The molecule has 0 unspecified atom stereocenters. The molecule has 3 heterocycles. The Morgan fingerprint density at radius 1 is 1.02 bits per heavy atom. The molecule has 0 radical (unpaired) electrons. The lowest BCUT2D eigenvalue weighted by Gasteiger charge is -2.30. The van der Waals surface area contributed by atoms with Crippen molar-refractivity contribution in [3.05, 3.63) is 77.6 Å². The number of aromatic nitrogens is 3. The van der Waals surface area contributed by atoms with Crippen LogP contribution in [-0.4, -0.2) is 43.7 Å². The Balaban J connectivity index is 1.32. The zero-order valence-corrected chi connectivity index (χ0v) is 22.3. The summed E-state index contributed by atoms with van der Waals surface area (Å²) in [5.41, 5.74) is -0.488. The number of fused-ring (bicyclic) bond motifs is 2. The van der Waals surface area contributed by atoms with Crippen LogP contribution in [0.2, 0.25) is 0 Å². The first-order valence-corrected chi connectivity index (χ1v) is 12.6. The quantitative estimate of drug-likeness (QED) is 0.273. The van der Waals surface area contributed by atoms with Gasteiger partial charge in [-0.3, -0.25) is 4.57 Å². The van der Waals surface area contributed by atoms with Gasteiger partial charge in [0, 0.05) is 23.7 Å². The summed E-state index contributed by atoms with van der Waals surface area (Å²) in [5, 5.41) is 2.78. The number of halogens is 4. The molecule has 0 spiro atoms. The number of carbonyl (C=O) groups excluding carboxylic acids is 2. The van der Waals surface area contributed by atoms with Gasteiger partial charge >= 0.3 is 18.3 Å². The van der Waals surface area contributed by atoms with Gasteiger partial charge in [0.15, 0.2) is 0 Å². The zero-order chi connectivity index (χ0) is 29.5. The van der Waals surface area contributed by atoms with Crippen molar-refractivity contribution in [3.8, 4) is 11.6 Å². The van der Waals surface area contributed by atoms with Crippen molar-refractivity contribution in [3.63, 3.8) is 0 Å². The summed E-state index contributed by atoms with van der Waals surface area (Å²) in [6, 6.07) is 7.41. The third-order valence-electron chi connectivity index (χ3n) is 6.25. The van der Waals surface area contributed by atoms with E-state index in [1.165, 1.54) is 12.5 Å². The van der Waals surface area contributed by atoms with Crippen molar-refractivity contribution < 1.29 is 36.6 Å². The third kappa shape index (κ3) is 6.08. The van der Waals surface area contributed by atoms with Gasteiger partial charge in [-0.15, -0.1) is 0 Å². The van der Waals surface area contributed by atoms with E-state index in [4.69, 9.17) is 9.47 Å². The van der Waals surface area contributed by atoms with Crippen LogP contribution >= 0.6 is 0 Å². The highest BCUT2D eigenvalue weighted by atomic mass is 19.4. The largest absolute Gasteiger partial charge is 0.444 e. The van der Waals surface area contributed by atoms with E-state index in [0.717, 1.165) is 10.1 Å². The van der Waals surface area contributed by atoms with Crippen molar-refractivity contribution >= 4 is 28.7 Å². The van der Waals surface area contributed by atoms with E-state index in [2.05, 4.69) is 15.3 Å². The molecule has 9 nitrogen and oxygen atoms in total. The van der Waals surface area contributed by atoms with E-state index in [1.54, 1.807) is 49.9 Å². The van der Waals surface area contributed by atoms with Gasteiger partial charge in [0.25, 0.3) is 0 Å². The average Bonchev–Trinajstić information content (AvgIpc) is 3.31. The van der Waals surface area contributed by atoms with Gasteiger partial charge in [0.1, 0.15) is 23.5 Å². The Morgan fingerprint density at radius 3 is 2.54 bits per heavy atom. The summed E-state index contributed by atoms with van der Waals surface area (Å²) >= 11 is 0. The Bertz CT molecular complexity index is 1640. The highest BCUT2D eigenvalue weighted by Crippen LogP contribution is 2.33. The Labute approximate surface area is 231 Å². The first-order valence-electron chi connectivity index (χ1n) is 12.6. The summed E-state index contributed by atoms with van der Waals surface area (Å²) in [4.78, 5) is 35.4. The summed E-state index contributed by atoms with van der Waals surface area (Å²) in [6.07, 6.45) is -1.91. The number of ether oxygens (including phenoxy) is 2. The van der Waals surface area contributed by atoms with E-state index in [1.807, 2.05) is 0 Å². The molecule has 13 heteroatoms. The minimum absolute atomic E-state index is 0.243. The molecular weight excluding hydrogens is 546 g/mol. The summed E-state index contributed by atoms with van der Waals surface area (Å²) in [6.45, 7) is 6.03. The minimum atomic E-state index is -4.69. The van der Waals surface area contributed by atoms with Crippen LogP contribution < -0.4 is 10.1 Å². The molecule has 2 amide bonds. The van der Waals surface area contributed by atoms with Crippen molar-refractivity contribution in [1.29, 1.82) is 0 Å². The topological polar surface area (TPSA) is 98.6 Å². The fourth-order valence-corrected chi connectivity index (χ4v) is 4.34. The van der Waals surface area contributed by atoms with Crippen LogP contribution in [0.3, 0.4) is 0 Å². The van der Waals surface area contributed by atoms with E-state index < -0.39 is 41.0 Å². The van der Waals surface area contributed by atoms with Gasteiger partial charge < -0.3 is 19.7 Å². The Morgan fingerprint density at radius 2 is 1.80 bits per heavy atom. The summed E-state index contributed by atoms with van der Waals surface area (Å²) in [5.74, 6) is -0.258. The number of carbonyl (C=O) groups is 2. The molecular formula is C28H25F4N5O4. The van der Waals surface area contributed by atoms with Crippen LogP contribution in [-0.2, 0) is 23.9 Å². The molecule has 2 aromatic heterocycles. The molecule has 2 aromatic carbocycles. The van der Waals surface area contributed by atoms with E-state index in [9.17, 15) is 27.2 Å². The molecule has 0 fully saturated rings. The number of rotatable bonds is 3. The number of nitrogens with one attached hydrogen (secondary N) is 1. The van der Waals surface area contributed by atoms with Crippen LogP contribution in [0.25, 0.3) is 10.9 Å². The predicted molar refractivity (Wildman–Crippen MR) is 140 cm³/mol. The smallest absolute Gasteiger partial charge is 0.416 e. The van der Waals surface area contributed by atoms with Gasteiger partial charge in [0.05, 0.1) is 29.0 Å². The van der Waals surface area contributed by atoms with E-state index >= 15 is 0 Å². The molecule has 0 atom stereocenters. The molecule has 41 heavy (non-hydrogen) atoms. The van der Waals surface area contributed by atoms with Crippen molar-refractivity contribution in [2.24, 2.45) is 0 Å². The number of anilines is 1. The molecule has 0 aliphatic carbocycles. The lowest BCUT2D eigenvalue weighted by atomic mass is 10.1. The first kappa shape index (κ1) is 27.9. The second-order valence-electron chi connectivity index (χ2n) is 10.4. The number of benzene rings is 2. The number of nitrogens with zero attached hydrogens (tertiary/aromatic N) is 4. The highest BCUT2D eigenvalue weighted by molar-refractivity contribution is 5.99. The van der Waals surface area contributed by atoms with Gasteiger partial charge in [-0.05, 0) is 69.7 Å². The van der Waals surface area contributed by atoms with Crippen LogP contribution in [0.1, 0.15) is 37.6 Å². The Hall–Kier alpha value is -4.68. The maximum Gasteiger partial charge on any atom is 0.416 e. The van der Waals surface area contributed by atoms with E-state index in [-0.39, 0.29) is 6.54 Å². The Kier molecular flexibility index (Phi) is 7.05. The van der Waals surface area contributed by atoms with Crippen molar-refractivity contribution in [1.82, 2.24) is 19.4 Å². The average molecular weight is 572 g/mol. The predicted octanol–water partition coefficient (Wildman–Crippen LogP) is 6.75. The molecule has 0 saturated carbocycles. The fourth-order valence-electron chi connectivity index (χ4n) is 4.34. The summed E-state index contributed by atoms with van der Waals surface area (Å²) < 4.78 is 65.9.